The standard InChI is InChI=1S/C27H44N8O/c1-27(2,3)16-22(36)34-14-12-20(13-15-34)30-24-23-25(35(17-29-23)21-6-4-5-7-21)33-26(32-24)31-19-10-8-18(28)9-11-19/h17-21H,4-16,28H2,1-3H3,(H2,30,31,32,33)/t18-,19-. The zero-order chi connectivity index (χ0) is 25.3. The molecular formula is C27H44N8O. The number of piperidine rings is 1. The van der Waals surface area contributed by atoms with Gasteiger partial charge in [0.2, 0.25) is 11.9 Å². The summed E-state index contributed by atoms with van der Waals surface area (Å²) in [6.07, 6.45) is 13.4. The van der Waals surface area contributed by atoms with Gasteiger partial charge >= 0.3 is 0 Å². The van der Waals surface area contributed by atoms with Crippen molar-refractivity contribution >= 4 is 28.8 Å². The molecule has 3 fully saturated rings. The number of fused-ring (bicyclic) bond motifs is 1. The minimum absolute atomic E-state index is 0.0175. The maximum atomic E-state index is 12.7. The number of amides is 1. The van der Waals surface area contributed by atoms with E-state index in [0.29, 0.717) is 30.5 Å². The molecule has 5 rings (SSSR count). The molecule has 0 bridgehead atoms. The van der Waals surface area contributed by atoms with Crippen LogP contribution in [0.3, 0.4) is 0 Å². The van der Waals surface area contributed by atoms with Crippen LogP contribution in [0.25, 0.3) is 11.2 Å². The molecule has 2 aliphatic carbocycles. The molecule has 0 aromatic carbocycles. The van der Waals surface area contributed by atoms with Crippen LogP contribution in [0.2, 0.25) is 0 Å². The predicted octanol–water partition coefficient (Wildman–Crippen LogP) is 4.46. The van der Waals surface area contributed by atoms with E-state index >= 15 is 0 Å². The Labute approximate surface area is 215 Å². The Morgan fingerprint density at radius 3 is 2.31 bits per heavy atom. The summed E-state index contributed by atoms with van der Waals surface area (Å²) in [5.74, 6) is 1.76. The number of carbonyl (C=O) groups excluding carboxylic acids is 1. The number of carbonyl (C=O) groups is 1. The summed E-state index contributed by atoms with van der Waals surface area (Å²) in [6.45, 7) is 7.93. The molecule has 36 heavy (non-hydrogen) atoms. The van der Waals surface area contributed by atoms with Gasteiger partial charge in [0, 0.05) is 43.7 Å². The fourth-order valence-electron chi connectivity index (χ4n) is 6.01. The van der Waals surface area contributed by atoms with Gasteiger partial charge in [0.1, 0.15) is 0 Å². The van der Waals surface area contributed by atoms with Crippen LogP contribution >= 0.6 is 0 Å². The second-order valence-electron chi connectivity index (χ2n) is 12.5. The third-order valence-corrected chi connectivity index (χ3v) is 8.11. The number of hydrogen-bond acceptors (Lipinski definition) is 7. The van der Waals surface area contributed by atoms with Gasteiger partial charge in [-0.3, -0.25) is 4.79 Å². The molecule has 9 nitrogen and oxygen atoms in total. The first-order chi connectivity index (χ1) is 17.2. The van der Waals surface area contributed by atoms with Crippen LogP contribution in [0.4, 0.5) is 11.8 Å². The van der Waals surface area contributed by atoms with E-state index in [1.807, 2.05) is 11.2 Å². The average molecular weight is 497 g/mol. The van der Waals surface area contributed by atoms with Gasteiger partial charge in [0.15, 0.2) is 17.0 Å². The first-order valence-corrected chi connectivity index (χ1v) is 14.1. The van der Waals surface area contributed by atoms with Crippen molar-refractivity contribution < 1.29 is 4.79 Å². The van der Waals surface area contributed by atoms with Crippen molar-refractivity contribution in [3.63, 3.8) is 0 Å². The molecule has 4 N–H and O–H groups in total. The highest BCUT2D eigenvalue weighted by Gasteiger charge is 2.28. The molecule has 3 heterocycles. The quantitative estimate of drug-likeness (QED) is 0.541. The number of rotatable bonds is 6. The smallest absolute Gasteiger partial charge is 0.227 e. The van der Waals surface area contributed by atoms with E-state index in [-0.39, 0.29) is 17.4 Å². The normalized spacial score (nSPS) is 24.4. The topological polar surface area (TPSA) is 114 Å². The summed E-state index contributed by atoms with van der Waals surface area (Å²) in [6, 6.07) is 1.40. The van der Waals surface area contributed by atoms with E-state index in [2.05, 4.69) is 36.0 Å². The zero-order valence-electron chi connectivity index (χ0n) is 22.3. The average Bonchev–Trinajstić information content (AvgIpc) is 3.50. The van der Waals surface area contributed by atoms with E-state index in [1.165, 1.54) is 25.7 Å². The number of likely N-dealkylation sites (tertiary alicyclic amines) is 1. The van der Waals surface area contributed by atoms with Crippen LogP contribution in [0.5, 0.6) is 0 Å². The van der Waals surface area contributed by atoms with Gasteiger partial charge in [-0.25, -0.2) is 4.98 Å². The molecule has 0 unspecified atom stereocenters. The molecule has 0 atom stereocenters. The van der Waals surface area contributed by atoms with Gasteiger partial charge in [-0.2, -0.15) is 9.97 Å². The van der Waals surface area contributed by atoms with Crippen LogP contribution in [-0.2, 0) is 4.79 Å². The van der Waals surface area contributed by atoms with E-state index < -0.39 is 0 Å². The lowest BCUT2D eigenvalue weighted by Crippen LogP contribution is -2.43. The number of nitrogens with one attached hydrogen (secondary N) is 2. The number of imidazole rings is 1. The van der Waals surface area contributed by atoms with Crippen molar-refractivity contribution in [3.05, 3.63) is 6.33 Å². The maximum Gasteiger partial charge on any atom is 0.227 e. The van der Waals surface area contributed by atoms with Gasteiger partial charge in [0.05, 0.1) is 6.33 Å². The molecule has 0 spiro atoms. The van der Waals surface area contributed by atoms with E-state index in [1.54, 1.807) is 0 Å². The molecule has 1 amide bonds. The summed E-state index contributed by atoms with van der Waals surface area (Å²) in [4.78, 5) is 29.4. The number of nitrogens with zero attached hydrogens (tertiary/aromatic N) is 5. The summed E-state index contributed by atoms with van der Waals surface area (Å²) in [5.41, 5.74) is 7.91. The van der Waals surface area contributed by atoms with Gasteiger partial charge in [-0.15, -0.1) is 0 Å². The molecule has 1 aliphatic heterocycles. The van der Waals surface area contributed by atoms with E-state index in [4.69, 9.17) is 20.7 Å². The largest absolute Gasteiger partial charge is 0.365 e. The van der Waals surface area contributed by atoms with E-state index in [9.17, 15) is 4.79 Å². The Kier molecular flexibility index (Phi) is 7.37. The third kappa shape index (κ3) is 5.93. The monoisotopic (exact) mass is 496 g/mol. The molecule has 2 saturated carbocycles. The Morgan fingerprint density at radius 2 is 1.64 bits per heavy atom. The summed E-state index contributed by atoms with van der Waals surface area (Å²) < 4.78 is 2.27. The summed E-state index contributed by atoms with van der Waals surface area (Å²) in [5, 5.41) is 7.31. The van der Waals surface area contributed by atoms with Gasteiger partial charge in [-0.05, 0) is 56.8 Å². The number of nitrogens with two attached hydrogens (primary N) is 1. The van der Waals surface area contributed by atoms with Gasteiger partial charge in [-0.1, -0.05) is 33.6 Å². The summed E-state index contributed by atoms with van der Waals surface area (Å²) >= 11 is 0. The Bertz CT molecular complexity index is 1040. The molecule has 198 valence electrons. The molecule has 2 aromatic heterocycles. The van der Waals surface area contributed by atoms with Crippen LogP contribution in [0.15, 0.2) is 6.33 Å². The van der Waals surface area contributed by atoms with Crippen LogP contribution in [-0.4, -0.2) is 61.5 Å². The highest BCUT2D eigenvalue weighted by atomic mass is 16.2. The Morgan fingerprint density at radius 1 is 0.972 bits per heavy atom. The number of anilines is 2. The van der Waals surface area contributed by atoms with Crippen molar-refractivity contribution in [2.24, 2.45) is 11.1 Å². The number of hydrogen-bond donors (Lipinski definition) is 3. The second-order valence-corrected chi connectivity index (χ2v) is 12.5. The maximum absolute atomic E-state index is 12.7. The first kappa shape index (κ1) is 25.2. The Balaban J connectivity index is 1.33. The molecule has 9 heteroatoms. The van der Waals surface area contributed by atoms with Gasteiger partial charge in [0.25, 0.3) is 0 Å². The highest BCUT2D eigenvalue weighted by Crippen LogP contribution is 2.34. The second kappa shape index (κ2) is 10.5. The lowest BCUT2D eigenvalue weighted by atomic mass is 9.91. The minimum atomic E-state index is 0.0175. The zero-order valence-corrected chi connectivity index (χ0v) is 22.3. The predicted molar refractivity (Wildman–Crippen MR) is 144 cm³/mol. The lowest BCUT2D eigenvalue weighted by Gasteiger charge is -2.34. The van der Waals surface area contributed by atoms with Crippen molar-refractivity contribution in [2.45, 2.75) is 116 Å². The fraction of sp³-hybridized carbons (Fsp3) is 0.778. The third-order valence-electron chi connectivity index (χ3n) is 8.11. The highest BCUT2D eigenvalue weighted by molar-refractivity contribution is 5.84. The first-order valence-electron chi connectivity index (χ1n) is 14.1. The minimum Gasteiger partial charge on any atom is -0.365 e. The molecule has 3 aliphatic rings. The SMILES string of the molecule is CC(C)(C)CC(=O)N1CCC(Nc2nc(N[C@H]3CC[C@H](N)CC3)nc3c2ncn3C2CCCC2)CC1. The van der Waals surface area contributed by atoms with Gasteiger partial charge < -0.3 is 25.8 Å². The van der Waals surface area contributed by atoms with Crippen molar-refractivity contribution in [2.75, 3.05) is 23.7 Å². The van der Waals surface area contributed by atoms with Crippen molar-refractivity contribution in [3.8, 4) is 0 Å². The summed E-state index contributed by atoms with van der Waals surface area (Å²) in [7, 11) is 0. The van der Waals surface area contributed by atoms with Crippen LogP contribution in [0, 0.1) is 5.41 Å². The lowest BCUT2D eigenvalue weighted by molar-refractivity contribution is -0.134. The number of aromatic nitrogens is 4. The van der Waals surface area contributed by atoms with Crippen molar-refractivity contribution in [1.82, 2.24) is 24.4 Å². The van der Waals surface area contributed by atoms with E-state index in [0.717, 1.165) is 68.6 Å². The molecule has 2 aromatic rings. The Hall–Kier alpha value is -2.42. The fourth-order valence-corrected chi connectivity index (χ4v) is 6.01. The molecule has 1 saturated heterocycles. The van der Waals surface area contributed by atoms with Crippen molar-refractivity contribution in [1.29, 1.82) is 0 Å². The van der Waals surface area contributed by atoms with Crippen LogP contribution < -0.4 is 16.4 Å². The molecule has 0 radical (unpaired) electrons. The van der Waals surface area contributed by atoms with Crippen LogP contribution in [0.1, 0.15) is 97.4 Å². The molecular weight excluding hydrogens is 452 g/mol.